The van der Waals surface area contributed by atoms with Gasteiger partial charge in [-0.15, -0.1) is 0 Å². The predicted octanol–water partition coefficient (Wildman–Crippen LogP) is 5.33. The molecule has 3 aromatic heterocycles. The average molecular weight is 482 g/mol. The van der Waals surface area contributed by atoms with E-state index >= 15 is 4.39 Å². The number of nitrogens with zero attached hydrogens (tertiary/aromatic N) is 5. The molecule has 1 aliphatic heterocycles. The molecular formula is C24H21ClFN5O3. The monoisotopic (exact) mass is 481 g/mol. The molecule has 1 unspecified atom stereocenters. The molecule has 34 heavy (non-hydrogen) atoms. The van der Waals surface area contributed by atoms with Gasteiger partial charge in [0.05, 0.1) is 17.6 Å². The van der Waals surface area contributed by atoms with Crippen LogP contribution in [0.4, 0.5) is 9.18 Å². The number of rotatable bonds is 4. The van der Waals surface area contributed by atoms with Gasteiger partial charge in [-0.3, -0.25) is 0 Å². The number of halogens is 2. The van der Waals surface area contributed by atoms with Crippen molar-refractivity contribution in [3.63, 3.8) is 0 Å². The molecule has 1 N–H and O–H groups in total. The van der Waals surface area contributed by atoms with E-state index in [1.807, 2.05) is 19.1 Å². The van der Waals surface area contributed by atoms with Crippen LogP contribution in [0.1, 0.15) is 17.8 Å². The number of alkyl halides is 1. The van der Waals surface area contributed by atoms with E-state index in [1.165, 1.54) is 6.33 Å². The van der Waals surface area contributed by atoms with Gasteiger partial charge in [0.1, 0.15) is 22.9 Å². The SMILES string of the molecule is Cc1cccc(Oc2ccc(-c3c(C4(F)CCN(C(=O)O)C4)n(C)c4ncnc(Cl)c34)cc2)n1. The zero-order chi connectivity index (χ0) is 24.0. The van der Waals surface area contributed by atoms with Crippen molar-refractivity contribution in [2.75, 3.05) is 13.1 Å². The molecule has 8 nitrogen and oxygen atoms in total. The Hall–Kier alpha value is -3.72. The van der Waals surface area contributed by atoms with Crippen molar-refractivity contribution >= 4 is 28.7 Å². The number of carboxylic acid groups (broad SMARTS) is 1. The quantitative estimate of drug-likeness (QED) is 0.396. The summed E-state index contributed by atoms with van der Waals surface area (Å²) < 4.78 is 23.9. The summed E-state index contributed by atoms with van der Waals surface area (Å²) in [5.74, 6) is 1.04. The largest absolute Gasteiger partial charge is 0.465 e. The summed E-state index contributed by atoms with van der Waals surface area (Å²) in [7, 11) is 1.70. The van der Waals surface area contributed by atoms with Gasteiger partial charge in [-0.1, -0.05) is 29.8 Å². The molecule has 10 heteroatoms. The van der Waals surface area contributed by atoms with Crippen molar-refractivity contribution in [1.82, 2.24) is 24.4 Å². The number of hydrogen-bond donors (Lipinski definition) is 1. The molecule has 1 aliphatic rings. The Kier molecular flexibility index (Phi) is 5.36. The van der Waals surface area contributed by atoms with E-state index in [0.717, 1.165) is 10.6 Å². The van der Waals surface area contributed by atoms with Crippen LogP contribution in [0.3, 0.4) is 0 Å². The van der Waals surface area contributed by atoms with Crippen LogP contribution >= 0.6 is 11.6 Å². The Morgan fingerprint density at radius 1 is 1.21 bits per heavy atom. The number of carbonyl (C=O) groups is 1. The van der Waals surface area contributed by atoms with E-state index in [0.29, 0.717) is 39.5 Å². The number of ether oxygens (including phenoxy) is 1. The smallest absolute Gasteiger partial charge is 0.407 e. The molecule has 1 amide bonds. The van der Waals surface area contributed by atoms with Crippen molar-refractivity contribution in [2.24, 2.45) is 7.05 Å². The summed E-state index contributed by atoms with van der Waals surface area (Å²) in [5, 5.41) is 10.1. The van der Waals surface area contributed by atoms with E-state index in [2.05, 4.69) is 15.0 Å². The molecule has 0 saturated carbocycles. The number of hydrogen-bond acceptors (Lipinski definition) is 5. The van der Waals surface area contributed by atoms with Gasteiger partial charge in [0, 0.05) is 37.3 Å². The van der Waals surface area contributed by atoms with E-state index in [-0.39, 0.29) is 24.7 Å². The normalized spacial score (nSPS) is 17.9. The number of pyridine rings is 1. The van der Waals surface area contributed by atoms with Crippen LogP contribution in [0.25, 0.3) is 22.2 Å². The van der Waals surface area contributed by atoms with Crippen molar-refractivity contribution in [2.45, 2.75) is 19.0 Å². The first kappa shape index (κ1) is 22.1. The maximum Gasteiger partial charge on any atom is 0.407 e. The van der Waals surface area contributed by atoms with Crippen molar-refractivity contribution in [3.8, 4) is 22.8 Å². The molecule has 0 bridgehead atoms. The van der Waals surface area contributed by atoms with Crippen molar-refractivity contribution in [3.05, 3.63) is 65.3 Å². The topological polar surface area (TPSA) is 93.4 Å². The van der Waals surface area contributed by atoms with Gasteiger partial charge >= 0.3 is 6.09 Å². The minimum atomic E-state index is -1.91. The van der Waals surface area contributed by atoms with Crippen LogP contribution in [0.5, 0.6) is 11.6 Å². The predicted molar refractivity (Wildman–Crippen MR) is 125 cm³/mol. The molecule has 4 heterocycles. The summed E-state index contributed by atoms with van der Waals surface area (Å²) in [5.41, 5.74) is 0.950. The van der Waals surface area contributed by atoms with Crippen LogP contribution < -0.4 is 4.74 Å². The van der Waals surface area contributed by atoms with Gasteiger partial charge in [0.15, 0.2) is 5.67 Å². The van der Waals surface area contributed by atoms with Gasteiger partial charge in [-0.2, -0.15) is 0 Å². The second kappa shape index (κ2) is 8.25. The first-order chi connectivity index (χ1) is 16.3. The highest BCUT2D eigenvalue weighted by Gasteiger charge is 2.46. The molecule has 1 saturated heterocycles. The van der Waals surface area contributed by atoms with Gasteiger partial charge < -0.3 is 19.3 Å². The fourth-order valence-corrected chi connectivity index (χ4v) is 4.76. The fraction of sp³-hybridized carbons (Fsp3) is 0.250. The van der Waals surface area contributed by atoms with Gasteiger partial charge in [0.25, 0.3) is 0 Å². The third-order valence-electron chi connectivity index (χ3n) is 6.06. The molecule has 174 valence electrons. The molecule has 0 aliphatic carbocycles. The molecule has 4 aromatic rings. The first-order valence-corrected chi connectivity index (χ1v) is 11.0. The molecule has 0 spiro atoms. The Bertz CT molecular complexity index is 1410. The van der Waals surface area contributed by atoms with Gasteiger partial charge in [-0.05, 0) is 30.7 Å². The molecule has 1 fully saturated rings. The number of aromatic nitrogens is 4. The Morgan fingerprint density at radius 3 is 2.65 bits per heavy atom. The summed E-state index contributed by atoms with van der Waals surface area (Å²) >= 11 is 6.46. The first-order valence-electron chi connectivity index (χ1n) is 10.6. The Balaban J connectivity index is 1.62. The minimum absolute atomic E-state index is 0.0295. The van der Waals surface area contributed by atoms with E-state index in [4.69, 9.17) is 16.3 Å². The third kappa shape index (κ3) is 3.71. The number of likely N-dealkylation sites (tertiary alicyclic amines) is 1. The second-order valence-electron chi connectivity index (χ2n) is 8.31. The number of fused-ring (bicyclic) bond motifs is 1. The van der Waals surface area contributed by atoms with E-state index < -0.39 is 11.8 Å². The third-order valence-corrected chi connectivity index (χ3v) is 6.35. The summed E-state index contributed by atoms with van der Waals surface area (Å²) in [6.07, 6.45) is 0.207. The van der Waals surface area contributed by atoms with E-state index in [9.17, 15) is 9.90 Å². The van der Waals surface area contributed by atoms with Crippen molar-refractivity contribution in [1.29, 1.82) is 0 Å². The summed E-state index contributed by atoms with van der Waals surface area (Å²) in [6, 6.07) is 12.7. The molecule has 5 rings (SSSR count). The zero-order valence-corrected chi connectivity index (χ0v) is 19.3. The van der Waals surface area contributed by atoms with Crippen molar-refractivity contribution < 1.29 is 19.0 Å². The van der Waals surface area contributed by atoms with Crippen LogP contribution in [-0.4, -0.2) is 48.7 Å². The number of amides is 1. The van der Waals surface area contributed by atoms with Gasteiger partial charge in [0.2, 0.25) is 5.88 Å². The maximum atomic E-state index is 16.4. The summed E-state index contributed by atoms with van der Waals surface area (Å²) in [4.78, 5) is 25.3. The fourth-order valence-electron chi connectivity index (χ4n) is 4.54. The minimum Gasteiger partial charge on any atom is -0.465 e. The lowest BCUT2D eigenvalue weighted by molar-refractivity contribution is 0.131. The van der Waals surface area contributed by atoms with Crippen LogP contribution in [0.2, 0.25) is 5.15 Å². The Morgan fingerprint density at radius 2 is 1.97 bits per heavy atom. The Labute approximate surface area is 199 Å². The summed E-state index contributed by atoms with van der Waals surface area (Å²) in [6.45, 7) is 1.71. The average Bonchev–Trinajstić information content (AvgIpc) is 3.35. The molecular weight excluding hydrogens is 461 g/mol. The highest BCUT2D eigenvalue weighted by Crippen LogP contribution is 2.46. The molecule has 1 atom stereocenters. The number of benzene rings is 1. The second-order valence-corrected chi connectivity index (χ2v) is 8.67. The standard InChI is InChI=1S/C24H21ClFN5O3/c1-14-4-3-5-17(29-14)34-16-8-6-15(7-9-16)18-19-21(25)27-13-28-22(19)30(2)20(18)24(26)10-11-31(12-24)23(32)33/h3-9,13H,10-12H2,1-2H3,(H,32,33). The zero-order valence-electron chi connectivity index (χ0n) is 18.5. The van der Waals surface area contributed by atoms with Crippen LogP contribution in [0.15, 0.2) is 48.8 Å². The lowest BCUT2D eigenvalue weighted by Crippen LogP contribution is -2.32. The van der Waals surface area contributed by atoms with Crippen LogP contribution in [-0.2, 0) is 12.7 Å². The molecule has 0 radical (unpaired) electrons. The van der Waals surface area contributed by atoms with Crippen LogP contribution in [0, 0.1) is 6.92 Å². The molecule has 1 aromatic carbocycles. The number of aryl methyl sites for hydroxylation is 2. The lowest BCUT2D eigenvalue weighted by atomic mass is 9.92. The maximum absolute atomic E-state index is 16.4. The van der Waals surface area contributed by atoms with Gasteiger partial charge in [-0.25, -0.2) is 24.1 Å². The highest BCUT2D eigenvalue weighted by molar-refractivity contribution is 6.35. The highest BCUT2D eigenvalue weighted by atomic mass is 35.5. The lowest BCUT2D eigenvalue weighted by Gasteiger charge is -2.23. The van der Waals surface area contributed by atoms with E-state index in [1.54, 1.807) is 41.9 Å².